The molecule has 0 atom stereocenters. The van der Waals surface area contributed by atoms with Crippen LogP contribution in [0, 0.1) is 0 Å². The molecule has 2 N–H and O–H groups in total. The van der Waals surface area contributed by atoms with Gasteiger partial charge >= 0.3 is 0 Å². The lowest BCUT2D eigenvalue weighted by Crippen LogP contribution is -2.35. The highest BCUT2D eigenvalue weighted by Gasteiger charge is 2.21. The van der Waals surface area contributed by atoms with Crippen LogP contribution in [0.25, 0.3) is 11.5 Å². The smallest absolute Gasteiger partial charge is 0.277 e. The standard InChI is InChI=1S/C20H19BrN4O4S/c1-28-16-5-3-2-4-15(16)25(11-10-17(22)26)18(27)12-30-20-24-23-19(29-20)13-6-8-14(21)9-7-13/h2-9H,10-12H2,1H3,(H2,22,26). The van der Waals surface area contributed by atoms with Gasteiger partial charge in [-0.2, -0.15) is 0 Å². The second-order valence-corrected chi connectivity index (χ2v) is 7.94. The van der Waals surface area contributed by atoms with E-state index in [1.165, 1.54) is 12.0 Å². The fourth-order valence-electron chi connectivity index (χ4n) is 2.63. The van der Waals surface area contributed by atoms with Crippen LogP contribution in [0.15, 0.2) is 62.6 Å². The highest BCUT2D eigenvalue weighted by Crippen LogP contribution is 2.30. The molecule has 3 aromatic rings. The molecule has 1 aromatic heterocycles. The largest absolute Gasteiger partial charge is 0.495 e. The lowest BCUT2D eigenvalue weighted by molar-refractivity contribution is -0.118. The number of nitrogens with zero attached hydrogens (tertiary/aromatic N) is 3. The topological polar surface area (TPSA) is 112 Å². The monoisotopic (exact) mass is 490 g/mol. The van der Waals surface area contributed by atoms with Gasteiger partial charge in [-0.25, -0.2) is 0 Å². The van der Waals surface area contributed by atoms with Crippen molar-refractivity contribution in [2.75, 3.05) is 24.3 Å². The molecule has 0 fully saturated rings. The number of halogens is 1. The zero-order valence-electron chi connectivity index (χ0n) is 16.1. The van der Waals surface area contributed by atoms with E-state index >= 15 is 0 Å². The maximum absolute atomic E-state index is 12.9. The first-order chi connectivity index (χ1) is 14.5. The summed E-state index contributed by atoms with van der Waals surface area (Å²) in [5.41, 5.74) is 6.61. The van der Waals surface area contributed by atoms with Gasteiger partial charge in [-0.1, -0.05) is 39.8 Å². The molecule has 0 bridgehead atoms. The van der Waals surface area contributed by atoms with Crippen molar-refractivity contribution in [3.05, 3.63) is 53.0 Å². The molecule has 1 heterocycles. The highest BCUT2D eigenvalue weighted by molar-refractivity contribution is 9.10. The van der Waals surface area contributed by atoms with Crippen LogP contribution in [0.4, 0.5) is 5.69 Å². The van der Waals surface area contributed by atoms with Crippen molar-refractivity contribution in [2.45, 2.75) is 11.6 Å². The van der Waals surface area contributed by atoms with Gasteiger partial charge in [0.05, 0.1) is 18.6 Å². The van der Waals surface area contributed by atoms with Gasteiger partial charge < -0.3 is 19.8 Å². The van der Waals surface area contributed by atoms with Gasteiger partial charge in [-0.3, -0.25) is 9.59 Å². The van der Waals surface area contributed by atoms with E-state index in [1.807, 2.05) is 24.3 Å². The molecule has 156 valence electrons. The first kappa shape index (κ1) is 21.8. The van der Waals surface area contributed by atoms with Crippen molar-refractivity contribution in [3.63, 3.8) is 0 Å². The van der Waals surface area contributed by atoms with Crippen molar-refractivity contribution in [3.8, 4) is 17.2 Å². The van der Waals surface area contributed by atoms with E-state index in [0.717, 1.165) is 21.8 Å². The molecule has 0 aliphatic carbocycles. The Morgan fingerprint density at radius 3 is 2.60 bits per heavy atom. The second kappa shape index (κ2) is 10.3. The van der Waals surface area contributed by atoms with Crippen LogP contribution < -0.4 is 15.4 Å². The summed E-state index contributed by atoms with van der Waals surface area (Å²) in [6.45, 7) is 0.142. The fraction of sp³-hybridized carbons (Fsp3) is 0.200. The van der Waals surface area contributed by atoms with E-state index in [4.69, 9.17) is 14.9 Å². The lowest BCUT2D eigenvalue weighted by atomic mass is 10.2. The highest BCUT2D eigenvalue weighted by atomic mass is 79.9. The molecule has 10 heteroatoms. The number of carbonyl (C=O) groups excluding carboxylic acids is 2. The number of nitrogens with two attached hydrogens (primary N) is 1. The maximum atomic E-state index is 12.9. The van der Waals surface area contributed by atoms with Gasteiger partial charge in [-0.15, -0.1) is 10.2 Å². The van der Waals surface area contributed by atoms with Gasteiger partial charge in [0.15, 0.2) is 0 Å². The van der Waals surface area contributed by atoms with Gasteiger partial charge in [0.1, 0.15) is 5.75 Å². The van der Waals surface area contributed by atoms with E-state index in [-0.39, 0.29) is 29.8 Å². The van der Waals surface area contributed by atoms with Crippen molar-refractivity contribution in [1.82, 2.24) is 10.2 Å². The molecule has 8 nitrogen and oxygen atoms in total. The molecule has 2 amide bonds. The van der Waals surface area contributed by atoms with Crippen LogP contribution in [-0.2, 0) is 9.59 Å². The summed E-state index contributed by atoms with van der Waals surface area (Å²) < 4.78 is 11.9. The number of thioether (sulfide) groups is 1. The molecule has 0 saturated heterocycles. The third-order valence-corrected chi connectivity index (χ3v) is 5.41. The molecule has 0 spiro atoms. The molecule has 0 aliphatic rings. The minimum Gasteiger partial charge on any atom is -0.495 e. The summed E-state index contributed by atoms with van der Waals surface area (Å²) in [4.78, 5) is 25.7. The summed E-state index contributed by atoms with van der Waals surface area (Å²) >= 11 is 4.50. The summed E-state index contributed by atoms with van der Waals surface area (Å²) in [6.07, 6.45) is 0.0305. The number of methoxy groups -OCH3 is 1. The summed E-state index contributed by atoms with van der Waals surface area (Å²) in [5.74, 6) is 0.197. The van der Waals surface area contributed by atoms with E-state index in [0.29, 0.717) is 17.3 Å². The quantitative estimate of drug-likeness (QED) is 0.456. The van der Waals surface area contributed by atoms with Crippen LogP contribution in [0.2, 0.25) is 0 Å². The third kappa shape index (κ3) is 5.61. The molecule has 0 aliphatic heterocycles. The maximum Gasteiger partial charge on any atom is 0.277 e. The third-order valence-electron chi connectivity index (χ3n) is 4.08. The van der Waals surface area contributed by atoms with Crippen LogP contribution >= 0.6 is 27.7 Å². The molecule has 0 radical (unpaired) electrons. The Balaban J connectivity index is 1.71. The predicted octanol–water partition coefficient (Wildman–Crippen LogP) is 3.51. The van der Waals surface area contributed by atoms with Crippen molar-refractivity contribution >= 4 is 45.2 Å². The van der Waals surface area contributed by atoms with Crippen LogP contribution in [0.3, 0.4) is 0 Å². The molecule has 2 aromatic carbocycles. The SMILES string of the molecule is COc1ccccc1N(CCC(N)=O)C(=O)CSc1nnc(-c2ccc(Br)cc2)o1. The first-order valence-corrected chi connectivity index (χ1v) is 10.7. The average Bonchev–Trinajstić information content (AvgIpc) is 3.22. The van der Waals surface area contributed by atoms with Gasteiger partial charge in [0.2, 0.25) is 17.7 Å². The number of carbonyl (C=O) groups is 2. The minimum absolute atomic E-state index is 0.0305. The number of ether oxygens (including phenoxy) is 1. The van der Waals surface area contributed by atoms with Crippen molar-refractivity contribution < 1.29 is 18.7 Å². The first-order valence-electron chi connectivity index (χ1n) is 8.92. The summed E-state index contributed by atoms with van der Waals surface area (Å²) in [5, 5.41) is 8.29. The number of aromatic nitrogens is 2. The average molecular weight is 491 g/mol. The zero-order chi connectivity index (χ0) is 21.5. The van der Waals surface area contributed by atoms with E-state index in [1.54, 1.807) is 24.3 Å². The number of primary amides is 1. The lowest BCUT2D eigenvalue weighted by Gasteiger charge is -2.23. The van der Waals surface area contributed by atoms with Crippen molar-refractivity contribution in [2.24, 2.45) is 5.73 Å². The molecule has 30 heavy (non-hydrogen) atoms. The number of para-hydroxylation sites is 2. The second-order valence-electron chi connectivity index (χ2n) is 6.10. The van der Waals surface area contributed by atoms with Gasteiger partial charge in [0.25, 0.3) is 5.22 Å². The zero-order valence-corrected chi connectivity index (χ0v) is 18.5. The number of rotatable bonds is 9. The Kier molecular flexibility index (Phi) is 7.47. The fourth-order valence-corrected chi connectivity index (χ4v) is 3.54. The molecule has 3 rings (SSSR count). The van der Waals surface area contributed by atoms with Gasteiger partial charge in [0, 0.05) is 23.0 Å². The number of hydrogen-bond donors (Lipinski definition) is 1. The van der Waals surface area contributed by atoms with Crippen molar-refractivity contribution in [1.29, 1.82) is 0 Å². The Morgan fingerprint density at radius 2 is 1.90 bits per heavy atom. The molecular formula is C20H19BrN4O4S. The van der Waals surface area contributed by atoms with Crippen LogP contribution in [0.1, 0.15) is 6.42 Å². The molecule has 0 unspecified atom stereocenters. The van der Waals surface area contributed by atoms with Gasteiger partial charge in [-0.05, 0) is 36.4 Å². The summed E-state index contributed by atoms with van der Waals surface area (Å²) in [6, 6.07) is 14.5. The number of benzene rings is 2. The van der Waals surface area contributed by atoms with E-state index in [2.05, 4.69) is 26.1 Å². The Bertz CT molecular complexity index is 1030. The van der Waals surface area contributed by atoms with E-state index in [9.17, 15) is 9.59 Å². The Labute approximate surface area is 185 Å². The summed E-state index contributed by atoms with van der Waals surface area (Å²) in [7, 11) is 1.52. The Morgan fingerprint density at radius 1 is 1.17 bits per heavy atom. The Hall–Kier alpha value is -2.85. The minimum atomic E-state index is -0.494. The van der Waals surface area contributed by atoms with Crippen LogP contribution in [0.5, 0.6) is 5.75 Å². The predicted molar refractivity (Wildman–Crippen MR) is 117 cm³/mol. The molecule has 0 saturated carbocycles. The van der Waals surface area contributed by atoms with E-state index < -0.39 is 5.91 Å². The number of anilines is 1. The van der Waals surface area contributed by atoms with Crippen LogP contribution in [-0.4, -0.2) is 41.4 Å². The normalized spacial score (nSPS) is 10.6. The number of amides is 2. The number of hydrogen-bond acceptors (Lipinski definition) is 7. The molecular weight excluding hydrogens is 472 g/mol.